The van der Waals surface area contributed by atoms with Crippen LogP contribution in [0.25, 0.3) is 0 Å². The Balaban J connectivity index is 0.00000512. The van der Waals surface area contributed by atoms with Crippen LogP contribution in [-0.2, 0) is 6.42 Å². The van der Waals surface area contributed by atoms with Gasteiger partial charge in [-0.1, -0.05) is 80.1 Å². The van der Waals surface area contributed by atoms with Crippen molar-refractivity contribution in [3.63, 3.8) is 0 Å². The molecule has 1 aliphatic heterocycles. The van der Waals surface area contributed by atoms with Crippen molar-refractivity contribution in [2.24, 2.45) is 17.8 Å². The first-order valence-electron chi connectivity index (χ1n) is 13.0. The van der Waals surface area contributed by atoms with E-state index >= 15 is 0 Å². The summed E-state index contributed by atoms with van der Waals surface area (Å²) >= 11 is 0. The number of benzene rings is 1. The smallest absolute Gasteiger partial charge is 0.127 e. The Morgan fingerprint density at radius 1 is 0.812 bits per heavy atom. The lowest BCUT2D eigenvalue weighted by molar-refractivity contribution is 0.0512. The van der Waals surface area contributed by atoms with Gasteiger partial charge < -0.3 is 9.84 Å². The topological polar surface area (TPSA) is 29.5 Å². The summed E-state index contributed by atoms with van der Waals surface area (Å²) in [5.41, 5.74) is 4.23. The van der Waals surface area contributed by atoms with Crippen LogP contribution in [0.1, 0.15) is 129 Å². The van der Waals surface area contributed by atoms with E-state index in [1.165, 1.54) is 56.9 Å². The zero-order valence-electron chi connectivity index (χ0n) is 21.9. The van der Waals surface area contributed by atoms with Crippen LogP contribution >= 0.6 is 0 Å². The van der Waals surface area contributed by atoms with Crippen molar-refractivity contribution < 1.29 is 9.84 Å². The summed E-state index contributed by atoms with van der Waals surface area (Å²) in [7, 11) is 0. The highest BCUT2D eigenvalue weighted by atomic mass is 16.5. The predicted molar refractivity (Wildman–Crippen MR) is 141 cm³/mol. The van der Waals surface area contributed by atoms with Crippen molar-refractivity contribution in [1.82, 2.24) is 0 Å². The molecule has 2 heteroatoms. The fraction of sp³-hybridized carbons (Fsp3) is 0.800. The molecule has 1 aromatic carbocycles. The molecule has 3 unspecified atom stereocenters. The summed E-state index contributed by atoms with van der Waals surface area (Å²) in [6, 6.07) is 0. The number of phenols is 1. The summed E-state index contributed by atoms with van der Waals surface area (Å²) in [6.45, 7) is 17.9. The molecule has 0 amide bonds. The summed E-state index contributed by atoms with van der Waals surface area (Å²) in [4.78, 5) is 0. The summed E-state index contributed by atoms with van der Waals surface area (Å²) in [5, 5.41) is 10.4. The number of phenolic OH excluding ortho intramolecular Hbond substituents is 1. The van der Waals surface area contributed by atoms with Crippen LogP contribution in [0.5, 0.6) is 11.5 Å². The third-order valence-electron chi connectivity index (χ3n) is 7.87. The Labute approximate surface area is 200 Å². The van der Waals surface area contributed by atoms with Crippen LogP contribution in [0.15, 0.2) is 0 Å². The number of fused-ring (bicyclic) bond motifs is 1. The van der Waals surface area contributed by atoms with Gasteiger partial charge in [0, 0.05) is 5.56 Å². The average molecular weight is 447 g/mol. The lowest BCUT2D eigenvalue weighted by Gasteiger charge is -2.38. The van der Waals surface area contributed by atoms with Gasteiger partial charge in [-0.2, -0.15) is 0 Å². The number of hydrogen-bond acceptors (Lipinski definition) is 2. The highest BCUT2D eigenvalue weighted by Crippen LogP contribution is 2.44. The molecule has 0 fully saturated rings. The number of ether oxygens (including phenoxy) is 1. The van der Waals surface area contributed by atoms with Crippen LogP contribution in [0.4, 0.5) is 0 Å². The molecule has 186 valence electrons. The molecule has 2 nitrogen and oxygen atoms in total. The zero-order valence-corrected chi connectivity index (χ0v) is 21.9. The molecule has 1 heterocycles. The van der Waals surface area contributed by atoms with Crippen molar-refractivity contribution >= 4 is 0 Å². The van der Waals surface area contributed by atoms with Crippen molar-refractivity contribution in [2.45, 2.75) is 139 Å². The first-order valence-corrected chi connectivity index (χ1v) is 13.0. The van der Waals surface area contributed by atoms with E-state index in [2.05, 4.69) is 41.5 Å². The molecule has 32 heavy (non-hydrogen) atoms. The van der Waals surface area contributed by atoms with E-state index in [-0.39, 0.29) is 13.0 Å². The first kappa shape index (κ1) is 28.9. The maximum Gasteiger partial charge on any atom is 0.127 e. The van der Waals surface area contributed by atoms with E-state index in [1.54, 1.807) is 0 Å². The molecule has 0 spiro atoms. The van der Waals surface area contributed by atoms with Crippen LogP contribution in [0.2, 0.25) is 0 Å². The molecule has 1 aliphatic rings. The monoisotopic (exact) mass is 446 g/mol. The standard InChI is InChI=1S/C29H50O2.CH4/c1-20(2)12-9-13-21(3)14-10-15-22(4)16-11-18-29(8)19-17-26-25(7)27(30)23(5)24(6)28(26)31-29;/h20-22,30H,9-19H2,1-8H3;1H4. The second-order valence-corrected chi connectivity index (χ2v) is 11.4. The highest BCUT2D eigenvalue weighted by Gasteiger charge is 2.34. The second kappa shape index (κ2) is 12.9. The van der Waals surface area contributed by atoms with Gasteiger partial charge in [-0.25, -0.2) is 0 Å². The zero-order chi connectivity index (χ0) is 23.2. The minimum absolute atomic E-state index is 0. The molecule has 0 saturated heterocycles. The Morgan fingerprint density at radius 2 is 1.34 bits per heavy atom. The van der Waals surface area contributed by atoms with Crippen LogP contribution in [0, 0.1) is 38.5 Å². The Bertz CT molecular complexity index is 706. The Morgan fingerprint density at radius 3 is 1.91 bits per heavy atom. The molecule has 1 N–H and O–H groups in total. The SMILES string of the molecule is C.Cc1c(C)c2c(c(C)c1O)CCC(C)(CCCC(C)CCCC(C)CCCC(C)C)O2. The third-order valence-corrected chi connectivity index (χ3v) is 7.87. The molecule has 0 saturated carbocycles. The van der Waals surface area contributed by atoms with Crippen molar-refractivity contribution in [2.75, 3.05) is 0 Å². The fourth-order valence-electron chi connectivity index (χ4n) is 5.27. The minimum atomic E-state index is -0.0712. The number of hydrogen-bond donors (Lipinski definition) is 1. The van der Waals surface area contributed by atoms with Gasteiger partial charge in [0.05, 0.1) is 0 Å². The second-order valence-electron chi connectivity index (χ2n) is 11.4. The van der Waals surface area contributed by atoms with Gasteiger partial charge in [-0.3, -0.25) is 0 Å². The van der Waals surface area contributed by atoms with Crippen molar-refractivity contribution in [3.05, 3.63) is 22.3 Å². The predicted octanol–water partition coefficient (Wildman–Crippen LogP) is 9.48. The first-order chi connectivity index (χ1) is 14.5. The molecule has 0 bridgehead atoms. The maximum atomic E-state index is 10.4. The van der Waals surface area contributed by atoms with Gasteiger partial charge in [-0.15, -0.1) is 0 Å². The largest absolute Gasteiger partial charge is 0.507 e. The molecule has 0 aliphatic carbocycles. The molecular weight excluding hydrogens is 392 g/mol. The van der Waals surface area contributed by atoms with Gasteiger partial charge in [0.25, 0.3) is 0 Å². The number of rotatable bonds is 12. The van der Waals surface area contributed by atoms with Crippen molar-refractivity contribution in [1.29, 1.82) is 0 Å². The van der Waals surface area contributed by atoms with E-state index in [1.807, 2.05) is 13.8 Å². The van der Waals surface area contributed by atoms with Gasteiger partial charge in [-0.05, 0) is 87.8 Å². The molecule has 1 aromatic rings. The Kier molecular flexibility index (Phi) is 11.6. The van der Waals surface area contributed by atoms with Crippen molar-refractivity contribution in [3.8, 4) is 11.5 Å². The van der Waals surface area contributed by atoms with E-state index in [0.29, 0.717) is 5.75 Å². The van der Waals surface area contributed by atoms with E-state index in [9.17, 15) is 5.11 Å². The van der Waals surface area contributed by atoms with Crippen LogP contribution < -0.4 is 4.74 Å². The molecular formula is C30H54O2. The van der Waals surface area contributed by atoms with Gasteiger partial charge in [0.2, 0.25) is 0 Å². The summed E-state index contributed by atoms with van der Waals surface area (Å²) < 4.78 is 6.60. The third kappa shape index (κ3) is 7.99. The molecule has 0 radical (unpaired) electrons. The van der Waals surface area contributed by atoms with Gasteiger partial charge in [0.1, 0.15) is 17.1 Å². The van der Waals surface area contributed by atoms with E-state index < -0.39 is 0 Å². The molecule has 2 rings (SSSR count). The highest BCUT2D eigenvalue weighted by molar-refractivity contribution is 5.58. The average Bonchev–Trinajstić information content (AvgIpc) is 2.70. The quantitative estimate of drug-likeness (QED) is 0.346. The number of aromatic hydroxyl groups is 1. The van der Waals surface area contributed by atoms with Gasteiger partial charge in [0.15, 0.2) is 0 Å². The summed E-state index contributed by atoms with van der Waals surface area (Å²) in [5.74, 6) is 4.04. The van der Waals surface area contributed by atoms with Crippen LogP contribution in [-0.4, -0.2) is 10.7 Å². The minimum Gasteiger partial charge on any atom is -0.507 e. The normalized spacial score (nSPS) is 19.8. The van der Waals surface area contributed by atoms with Crippen LogP contribution in [0.3, 0.4) is 0 Å². The van der Waals surface area contributed by atoms with E-state index in [0.717, 1.165) is 59.5 Å². The molecule has 3 atom stereocenters. The Hall–Kier alpha value is -1.18. The lowest BCUT2D eigenvalue weighted by Crippen LogP contribution is -2.37. The summed E-state index contributed by atoms with van der Waals surface area (Å²) in [6.07, 6.45) is 14.1. The lowest BCUT2D eigenvalue weighted by atomic mass is 9.84. The molecule has 0 aromatic heterocycles. The van der Waals surface area contributed by atoms with E-state index in [4.69, 9.17) is 4.74 Å². The maximum absolute atomic E-state index is 10.4. The van der Waals surface area contributed by atoms with Gasteiger partial charge >= 0.3 is 0 Å². The fourth-order valence-corrected chi connectivity index (χ4v) is 5.27.